The summed E-state index contributed by atoms with van der Waals surface area (Å²) in [5, 5.41) is 5.56. The molecule has 1 aliphatic heterocycles. The molecule has 1 unspecified atom stereocenters. The summed E-state index contributed by atoms with van der Waals surface area (Å²) in [5.41, 5.74) is 4.55. The molecule has 0 bridgehead atoms. The van der Waals surface area contributed by atoms with Crippen molar-refractivity contribution >= 4 is 22.4 Å². The second-order valence-electron chi connectivity index (χ2n) is 6.32. The minimum atomic E-state index is -0.333. The quantitative estimate of drug-likeness (QED) is 0.884. The van der Waals surface area contributed by atoms with E-state index in [9.17, 15) is 4.79 Å². The van der Waals surface area contributed by atoms with Gasteiger partial charge in [-0.25, -0.2) is 4.98 Å². The van der Waals surface area contributed by atoms with Crippen LogP contribution in [0.4, 0.5) is 5.13 Å². The number of nitrogens with one attached hydrogen (secondary N) is 1. The van der Waals surface area contributed by atoms with E-state index in [2.05, 4.69) is 41.7 Å². The molecule has 1 atom stereocenters. The van der Waals surface area contributed by atoms with Gasteiger partial charge < -0.3 is 9.30 Å². The number of aryl methyl sites for hydroxylation is 1. The van der Waals surface area contributed by atoms with Crippen LogP contribution in [0.1, 0.15) is 44.0 Å². The van der Waals surface area contributed by atoms with Crippen molar-refractivity contribution in [1.29, 1.82) is 0 Å². The lowest BCUT2D eigenvalue weighted by atomic mass is 10.1. The maximum absolute atomic E-state index is 12.3. The number of thiazole rings is 1. The molecule has 0 spiro atoms. The molecule has 3 rings (SSSR count). The van der Waals surface area contributed by atoms with Gasteiger partial charge in [0.2, 0.25) is 0 Å². The van der Waals surface area contributed by atoms with E-state index in [0.717, 1.165) is 43.5 Å². The van der Waals surface area contributed by atoms with E-state index in [1.807, 2.05) is 5.38 Å². The van der Waals surface area contributed by atoms with Crippen molar-refractivity contribution in [2.75, 3.05) is 11.9 Å². The summed E-state index contributed by atoms with van der Waals surface area (Å²) in [6, 6.07) is 2.18. The standard InChI is InChI=1S/C18H25N3O2S/c1-4-8-21-12(2)10-14(13(21)3)15-11-24-18(19-15)20-17(22)16-7-5-6-9-23-16/h10-11,16H,4-9H2,1-3H3,(H,19,20,22). The van der Waals surface area contributed by atoms with Crippen LogP contribution >= 0.6 is 11.3 Å². The molecule has 0 aromatic carbocycles. The second kappa shape index (κ2) is 7.49. The summed E-state index contributed by atoms with van der Waals surface area (Å²) < 4.78 is 7.85. The summed E-state index contributed by atoms with van der Waals surface area (Å²) in [6.07, 6.45) is 3.65. The van der Waals surface area contributed by atoms with Crippen molar-refractivity contribution in [2.45, 2.75) is 59.1 Å². The molecule has 2 aromatic heterocycles. The summed E-state index contributed by atoms with van der Waals surface area (Å²) in [4.78, 5) is 16.9. The number of amides is 1. The number of aromatic nitrogens is 2. The smallest absolute Gasteiger partial charge is 0.255 e. The summed E-state index contributed by atoms with van der Waals surface area (Å²) in [6.45, 7) is 8.13. The predicted molar refractivity (Wildman–Crippen MR) is 97.5 cm³/mol. The van der Waals surface area contributed by atoms with Crippen molar-refractivity contribution in [3.8, 4) is 11.3 Å². The molecule has 1 N–H and O–H groups in total. The average molecular weight is 347 g/mol. The minimum Gasteiger partial charge on any atom is -0.368 e. The Morgan fingerprint density at radius 3 is 3.00 bits per heavy atom. The highest BCUT2D eigenvalue weighted by molar-refractivity contribution is 7.14. The van der Waals surface area contributed by atoms with Gasteiger partial charge in [-0.05, 0) is 45.6 Å². The first kappa shape index (κ1) is 17.2. The van der Waals surface area contributed by atoms with Gasteiger partial charge in [-0.1, -0.05) is 6.92 Å². The highest BCUT2D eigenvalue weighted by atomic mass is 32.1. The average Bonchev–Trinajstić information content (AvgIpc) is 3.15. The Bertz CT molecular complexity index is 714. The van der Waals surface area contributed by atoms with Gasteiger partial charge in [0.1, 0.15) is 6.10 Å². The van der Waals surface area contributed by atoms with E-state index in [-0.39, 0.29) is 12.0 Å². The molecule has 24 heavy (non-hydrogen) atoms. The second-order valence-corrected chi connectivity index (χ2v) is 7.18. The Morgan fingerprint density at radius 1 is 1.46 bits per heavy atom. The summed E-state index contributed by atoms with van der Waals surface area (Å²) in [7, 11) is 0. The van der Waals surface area contributed by atoms with Crippen LogP contribution in [-0.4, -0.2) is 28.2 Å². The Kier molecular flexibility index (Phi) is 5.36. The number of ether oxygens (including phenoxy) is 1. The van der Waals surface area contributed by atoms with Crippen LogP contribution in [0.2, 0.25) is 0 Å². The lowest BCUT2D eigenvalue weighted by Crippen LogP contribution is -2.33. The van der Waals surface area contributed by atoms with E-state index in [1.54, 1.807) is 0 Å². The van der Waals surface area contributed by atoms with E-state index in [4.69, 9.17) is 4.74 Å². The Labute approximate surface area is 147 Å². The van der Waals surface area contributed by atoms with Crippen LogP contribution in [0, 0.1) is 13.8 Å². The Balaban J connectivity index is 1.73. The van der Waals surface area contributed by atoms with E-state index in [0.29, 0.717) is 11.7 Å². The molecule has 1 saturated heterocycles. The van der Waals surface area contributed by atoms with Gasteiger partial charge in [0.15, 0.2) is 5.13 Å². The zero-order valence-electron chi connectivity index (χ0n) is 14.6. The Hall–Kier alpha value is -1.66. The van der Waals surface area contributed by atoms with Gasteiger partial charge in [0, 0.05) is 35.5 Å². The van der Waals surface area contributed by atoms with Gasteiger partial charge in [-0.15, -0.1) is 11.3 Å². The first-order valence-electron chi connectivity index (χ1n) is 8.65. The summed E-state index contributed by atoms with van der Waals surface area (Å²) >= 11 is 1.47. The fraction of sp³-hybridized carbons (Fsp3) is 0.556. The number of carbonyl (C=O) groups excluding carboxylic acids is 1. The maximum Gasteiger partial charge on any atom is 0.255 e. The third-order valence-electron chi connectivity index (χ3n) is 4.50. The fourth-order valence-corrected chi connectivity index (χ4v) is 3.93. The van der Waals surface area contributed by atoms with Crippen molar-refractivity contribution in [1.82, 2.24) is 9.55 Å². The molecule has 6 heteroatoms. The maximum atomic E-state index is 12.3. The molecule has 1 amide bonds. The lowest BCUT2D eigenvalue weighted by molar-refractivity contribution is -0.129. The molecule has 0 radical (unpaired) electrons. The highest BCUT2D eigenvalue weighted by Crippen LogP contribution is 2.30. The molecule has 3 heterocycles. The molecule has 130 valence electrons. The van der Waals surface area contributed by atoms with Gasteiger partial charge in [-0.3, -0.25) is 10.1 Å². The van der Waals surface area contributed by atoms with E-state index < -0.39 is 0 Å². The van der Waals surface area contributed by atoms with Crippen molar-refractivity contribution in [2.24, 2.45) is 0 Å². The Morgan fingerprint density at radius 2 is 2.29 bits per heavy atom. The topological polar surface area (TPSA) is 56.2 Å². The van der Waals surface area contributed by atoms with Crippen molar-refractivity contribution in [3.63, 3.8) is 0 Å². The minimum absolute atomic E-state index is 0.0768. The van der Waals surface area contributed by atoms with Gasteiger partial charge in [0.25, 0.3) is 5.91 Å². The molecular formula is C18H25N3O2S. The molecule has 1 fully saturated rings. The van der Waals surface area contributed by atoms with Crippen LogP contribution in [0.3, 0.4) is 0 Å². The molecule has 1 aliphatic rings. The normalized spacial score (nSPS) is 17.9. The fourth-order valence-electron chi connectivity index (χ4n) is 3.22. The van der Waals surface area contributed by atoms with E-state index >= 15 is 0 Å². The molecule has 2 aromatic rings. The zero-order chi connectivity index (χ0) is 17.1. The van der Waals surface area contributed by atoms with Gasteiger partial charge in [0.05, 0.1) is 5.69 Å². The number of hydrogen-bond acceptors (Lipinski definition) is 4. The monoisotopic (exact) mass is 347 g/mol. The van der Waals surface area contributed by atoms with E-state index in [1.165, 1.54) is 22.7 Å². The van der Waals surface area contributed by atoms with Crippen LogP contribution < -0.4 is 5.32 Å². The summed E-state index contributed by atoms with van der Waals surface area (Å²) in [5.74, 6) is -0.0768. The SMILES string of the molecule is CCCn1c(C)cc(-c2csc(NC(=O)C3CCCCO3)n2)c1C. The van der Waals surface area contributed by atoms with Gasteiger partial charge >= 0.3 is 0 Å². The first-order valence-corrected chi connectivity index (χ1v) is 9.53. The number of rotatable bonds is 5. The van der Waals surface area contributed by atoms with Crippen molar-refractivity contribution in [3.05, 3.63) is 22.8 Å². The zero-order valence-corrected chi connectivity index (χ0v) is 15.4. The molecule has 0 aliphatic carbocycles. The van der Waals surface area contributed by atoms with Gasteiger partial charge in [-0.2, -0.15) is 0 Å². The van der Waals surface area contributed by atoms with Crippen LogP contribution in [0.5, 0.6) is 0 Å². The number of hydrogen-bond donors (Lipinski definition) is 1. The molecular weight excluding hydrogens is 322 g/mol. The third kappa shape index (κ3) is 3.54. The molecule has 0 saturated carbocycles. The number of carbonyl (C=O) groups is 1. The highest BCUT2D eigenvalue weighted by Gasteiger charge is 2.23. The molecule has 5 nitrogen and oxygen atoms in total. The number of anilines is 1. The lowest BCUT2D eigenvalue weighted by Gasteiger charge is -2.20. The van der Waals surface area contributed by atoms with Crippen molar-refractivity contribution < 1.29 is 9.53 Å². The van der Waals surface area contributed by atoms with Crippen LogP contribution in [0.15, 0.2) is 11.4 Å². The third-order valence-corrected chi connectivity index (χ3v) is 5.26. The van der Waals surface area contributed by atoms with Crippen LogP contribution in [0.25, 0.3) is 11.3 Å². The predicted octanol–water partition coefficient (Wildman–Crippen LogP) is 4.15. The first-order chi connectivity index (χ1) is 11.6. The number of nitrogens with zero attached hydrogens (tertiary/aromatic N) is 2. The largest absolute Gasteiger partial charge is 0.368 e. The van der Waals surface area contributed by atoms with Crippen LogP contribution in [-0.2, 0) is 16.1 Å².